The van der Waals surface area contributed by atoms with Crippen molar-refractivity contribution in [3.05, 3.63) is 47.4 Å². The largest absolute Gasteiger partial charge is 0.330 e. The van der Waals surface area contributed by atoms with Gasteiger partial charge in [-0.3, -0.25) is 0 Å². The Balaban J connectivity index is 2.18. The molecular weight excluding hydrogens is 312 g/mol. The number of sulfonamides is 1. The van der Waals surface area contributed by atoms with Crippen LogP contribution in [0.4, 0.5) is 5.95 Å². The van der Waals surface area contributed by atoms with Crippen LogP contribution in [0.2, 0.25) is 5.15 Å². The van der Waals surface area contributed by atoms with Gasteiger partial charge in [0, 0.05) is 17.8 Å². The van der Waals surface area contributed by atoms with Crippen molar-refractivity contribution in [1.82, 2.24) is 15.0 Å². The molecule has 0 fully saturated rings. The lowest BCUT2D eigenvalue weighted by Gasteiger charge is -2.09. The van der Waals surface area contributed by atoms with Crippen molar-refractivity contribution in [1.29, 1.82) is 0 Å². The van der Waals surface area contributed by atoms with Gasteiger partial charge in [-0.15, -0.1) is 0 Å². The number of aryl methyl sites for hydroxylation is 1. The standard InChI is InChI=1S/C13H11ClN4O2S/c1-8-7-9-3-2-4-10(11(9)17-12(8)14)21(19,20)18-13-15-5-6-16-13/h2-7H,1H3,(H2,15,16,18). The normalized spacial score (nSPS) is 11.7. The third-order valence-electron chi connectivity index (χ3n) is 2.96. The summed E-state index contributed by atoms with van der Waals surface area (Å²) in [6, 6.07) is 6.73. The maximum atomic E-state index is 12.5. The quantitative estimate of drug-likeness (QED) is 0.726. The van der Waals surface area contributed by atoms with E-state index in [1.54, 1.807) is 18.2 Å². The molecule has 8 heteroatoms. The highest BCUT2D eigenvalue weighted by Crippen LogP contribution is 2.26. The van der Waals surface area contributed by atoms with E-state index in [4.69, 9.17) is 11.6 Å². The number of halogens is 1. The molecule has 0 amide bonds. The number of fused-ring (bicyclic) bond motifs is 1. The lowest BCUT2D eigenvalue weighted by Crippen LogP contribution is -2.14. The molecule has 0 aliphatic carbocycles. The lowest BCUT2D eigenvalue weighted by molar-refractivity contribution is 0.601. The van der Waals surface area contributed by atoms with E-state index < -0.39 is 10.0 Å². The zero-order valence-electron chi connectivity index (χ0n) is 11.0. The summed E-state index contributed by atoms with van der Waals surface area (Å²) < 4.78 is 27.3. The van der Waals surface area contributed by atoms with E-state index in [2.05, 4.69) is 19.7 Å². The minimum atomic E-state index is -3.80. The van der Waals surface area contributed by atoms with Gasteiger partial charge < -0.3 is 4.98 Å². The summed E-state index contributed by atoms with van der Waals surface area (Å²) in [6.45, 7) is 1.82. The number of pyridine rings is 1. The average Bonchev–Trinajstić information content (AvgIpc) is 2.91. The van der Waals surface area contributed by atoms with Gasteiger partial charge in [0.2, 0.25) is 5.95 Å². The molecule has 1 aromatic carbocycles. The molecule has 0 saturated carbocycles. The van der Waals surface area contributed by atoms with Gasteiger partial charge >= 0.3 is 0 Å². The van der Waals surface area contributed by atoms with Crippen molar-refractivity contribution < 1.29 is 8.42 Å². The molecule has 108 valence electrons. The number of nitrogens with one attached hydrogen (secondary N) is 2. The molecule has 0 aliphatic rings. The van der Waals surface area contributed by atoms with Crippen LogP contribution in [0.1, 0.15) is 5.56 Å². The van der Waals surface area contributed by atoms with Crippen molar-refractivity contribution >= 4 is 38.5 Å². The Morgan fingerprint density at radius 3 is 2.86 bits per heavy atom. The fraction of sp³-hybridized carbons (Fsp3) is 0.0769. The van der Waals surface area contributed by atoms with Crippen LogP contribution in [0.15, 0.2) is 41.6 Å². The zero-order valence-corrected chi connectivity index (χ0v) is 12.5. The Morgan fingerprint density at radius 2 is 2.14 bits per heavy atom. The van der Waals surface area contributed by atoms with Crippen LogP contribution < -0.4 is 4.72 Å². The molecule has 2 N–H and O–H groups in total. The third kappa shape index (κ3) is 2.57. The number of aromatic amines is 1. The number of anilines is 1. The Bertz CT molecular complexity index is 907. The van der Waals surface area contributed by atoms with Crippen LogP contribution in [0.25, 0.3) is 10.9 Å². The van der Waals surface area contributed by atoms with Crippen LogP contribution in [0, 0.1) is 6.92 Å². The Labute approximate surface area is 126 Å². The van der Waals surface area contributed by atoms with E-state index in [9.17, 15) is 8.42 Å². The summed E-state index contributed by atoms with van der Waals surface area (Å²) in [7, 11) is -3.80. The summed E-state index contributed by atoms with van der Waals surface area (Å²) in [6.07, 6.45) is 2.98. The summed E-state index contributed by atoms with van der Waals surface area (Å²) >= 11 is 6.01. The van der Waals surface area contributed by atoms with Crippen LogP contribution in [0.3, 0.4) is 0 Å². The van der Waals surface area contributed by atoms with E-state index >= 15 is 0 Å². The number of hydrogen-bond donors (Lipinski definition) is 2. The fourth-order valence-corrected chi connectivity index (χ4v) is 3.27. The van der Waals surface area contributed by atoms with Crippen LogP contribution in [0.5, 0.6) is 0 Å². The average molecular weight is 323 g/mol. The SMILES string of the molecule is Cc1cc2cccc(S(=O)(=O)Nc3ncc[nH]3)c2nc1Cl. The number of nitrogens with zero attached hydrogens (tertiary/aromatic N) is 2. The minimum Gasteiger partial charge on any atom is -0.330 e. The van der Waals surface area contributed by atoms with Gasteiger partial charge in [-0.25, -0.2) is 23.1 Å². The number of hydrogen-bond acceptors (Lipinski definition) is 4. The molecule has 2 heterocycles. The van der Waals surface area contributed by atoms with Crippen molar-refractivity contribution in [2.75, 3.05) is 4.72 Å². The van der Waals surface area contributed by atoms with Crippen LogP contribution in [-0.2, 0) is 10.0 Å². The second-order valence-corrected chi connectivity index (χ2v) is 6.48. The first-order chi connectivity index (χ1) is 9.97. The monoisotopic (exact) mass is 322 g/mol. The number of aromatic nitrogens is 3. The van der Waals surface area contributed by atoms with Gasteiger partial charge in [-0.2, -0.15) is 0 Å². The van der Waals surface area contributed by atoms with Crippen molar-refractivity contribution in [3.63, 3.8) is 0 Å². The lowest BCUT2D eigenvalue weighted by atomic mass is 10.2. The highest BCUT2D eigenvalue weighted by molar-refractivity contribution is 7.93. The first-order valence-corrected chi connectivity index (χ1v) is 7.91. The van der Waals surface area contributed by atoms with Crippen LogP contribution >= 0.6 is 11.6 Å². The molecular formula is C13H11ClN4O2S. The van der Waals surface area contributed by atoms with Gasteiger partial charge in [0.15, 0.2) is 0 Å². The van der Waals surface area contributed by atoms with E-state index in [1.165, 1.54) is 18.5 Å². The maximum absolute atomic E-state index is 12.5. The molecule has 2 aromatic heterocycles. The molecule has 0 bridgehead atoms. The Kier molecular flexibility index (Phi) is 3.30. The first-order valence-electron chi connectivity index (χ1n) is 6.05. The maximum Gasteiger partial charge on any atom is 0.266 e. The van der Waals surface area contributed by atoms with Gasteiger partial charge in [0.1, 0.15) is 10.0 Å². The predicted octanol–water partition coefficient (Wildman–Crippen LogP) is 2.72. The first kappa shape index (κ1) is 13.8. The second kappa shape index (κ2) is 5.01. The molecule has 0 atom stereocenters. The number of H-pyrrole nitrogens is 1. The number of rotatable bonds is 3. The summed E-state index contributed by atoms with van der Waals surface area (Å²) in [4.78, 5) is 10.8. The number of imidazole rings is 1. The molecule has 0 spiro atoms. The van der Waals surface area contributed by atoms with Gasteiger partial charge in [-0.05, 0) is 24.6 Å². The highest BCUT2D eigenvalue weighted by atomic mass is 35.5. The molecule has 0 aliphatic heterocycles. The second-order valence-electron chi connectivity index (χ2n) is 4.47. The topological polar surface area (TPSA) is 87.7 Å². The number of para-hydroxylation sites is 1. The van der Waals surface area contributed by atoms with Gasteiger partial charge in [0.05, 0.1) is 5.52 Å². The van der Waals surface area contributed by atoms with Crippen molar-refractivity contribution in [2.45, 2.75) is 11.8 Å². The highest BCUT2D eigenvalue weighted by Gasteiger charge is 2.20. The zero-order chi connectivity index (χ0) is 15.0. The summed E-state index contributed by atoms with van der Waals surface area (Å²) in [5.41, 5.74) is 1.12. The molecule has 0 unspecified atom stereocenters. The minimum absolute atomic E-state index is 0.0540. The molecule has 6 nitrogen and oxygen atoms in total. The number of benzene rings is 1. The Morgan fingerprint density at radius 1 is 1.33 bits per heavy atom. The van der Waals surface area contributed by atoms with E-state index in [1.807, 2.05) is 6.92 Å². The van der Waals surface area contributed by atoms with E-state index in [0.717, 1.165) is 5.56 Å². The third-order valence-corrected chi connectivity index (χ3v) is 4.71. The summed E-state index contributed by atoms with van der Waals surface area (Å²) in [5.74, 6) is 0.144. The van der Waals surface area contributed by atoms with Crippen molar-refractivity contribution in [2.24, 2.45) is 0 Å². The predicted molar refractivity (Wildman–Crippen MR) is 80.9 cm³/mol. The van der Waals surface area contributed by atoms with Gasteiger partial charge in [-0.1, -0.05) is 23.7 Å². The van der Waals surface area contributed by atoms with E-state index in [0.29, 0.717) is 10.9 Å². The molecule has 3 rings (SSSR count). The van der Waals surface area contributed by atoms with Gasteiger partial charge in [0.25, 0.3) is 10.0 Å². The Hall–Kier alpha value is -2.12. The van der Waals surface area contributed by atoms with Crippen LogP contribution in [-0.4, -0.2) is 23.4 Å². The molecule has 0 saturated heterocycles. The van der Waals surface area contributed by atoms with E-state index in [-0.39, 0.29) is 16.0 Å². The van der Waals surface area contributed by atoms with Crippen molar-refractivity contribution in [3.8, 4) is 0 Å². The smallest absolute Gasteiger partial charge is 0.266 e. The summed E-state index contributed by atoms with van der Waals surface area (Å²) in [5, 5.41) is 0.988. The fourth-order valence-electron chi connectivity index (χ4n) is 1.97. The molecule has 21 heavy (non-hydrogen) atoms. The molecule has 0 radical (unpaired) electrons. The molecule has 3 aromatic rings.